The summed E-state index contributed by atoms with van der Waals surface area (Å²) in [6.07, 6.45) is 3.51. The van der Waals surface area contributed by atoms with Crippen molar-refractivity contribution in [1.29, 1.82) is 0 Å². The van der Waals surface area contributed by atoms with Crippen LogP contribution in [0, 0.1) is 0 Å². The molecule has 5 nitrogen and oxygen atoms in total. The van der Waals surface area contributed by atoms with Gasteiger partial charge in [-0.1, -0.05) is 41.4 Å². The van der Waals surface area contributed by atoms with Crippen LogP contribution >= 0.6 is 23.2 Å². The van der Waals surface area contributed by atoms with Crippen LogP contribution in [0.4, 0.5) is 5.69 Å². The lowest BCUT2D eigenvalue weighted by atomic mass is 10.1. The summed E-state index contributed by atoms with van der Waals surface area (Å²) >= 11 is 12.1. The number of hydrogen-bond acceptors (Lipinski definition) is 4. The van der Waals surface area contributed by atoms with E-state index >= 15 is 0 Å². The van der Waals surface area contributed by atoms with Crippen LogP contribution in [-0.4, -0.2) is 50.9 Å². The third kappa shape index (κ3) is 5.78. The average Bonchev–Trinajstić information content (AvgIpc) is 3.05. The van der Waals surface area contributed by atoms with E-state index in [4.69, 9.17) is 23.2 Å². The standard InChI is InChI=1S/C22H24Cl2N2O3S/c1-25(2)19-8-3-16(4-9-19)14-26(20-11-12-30(28,29)15-20)22(27)10-6-17-5-7-18(23)13-21(17)24/h3-10,13,20H,11-12,14-15H2,1-2H3/b10-6+/t20-/m1/s1. The second kappa shape index (κ2) is 9.41. The number of sulfone groups is 1. The van der Waals surface area contributed by atoms with E-state index in [2.05, 4.69) is 0 Å². The van der Waals surface area contributed by atoms with Crippen molar-refractivity contribution in [1.82, 2.24) is 4.90 Å². The minimum atomic E-state index is -3.12. The lowest BCUT2D eigenvalue weighted by Gasteiger charge is -2.27. The van der Waals surface area contributed by atoms with E-state index in [1.54, 1.807) is 29.2 Å². The van der Waals surface area contributed by atoms with Crippen LogP contribution in [0.2, 0.25) is 10.0 Å². The third-order valence-electron chi connectivity index (χ3n) is 5.11. The normalized spacial score (nSPS) is 17.9. The van der Waals surface area contributed by atoms with E-state index in [1.165, 1.54) is 6.08 Å². The van der Waals surface area contributed by atoms with E-state index in [0.717, 1.165) is 11.3 Å². The average molecular weight is 467 g/mol. The Hall–Kier alpha value is -2.02. The van der Waals surface area contributed by atoms with Crippen LogP contribution in [0.25, 0.3) is 6.08 Å². The third-order valence-corrected chi connectivity index (χ3v) is 7.42. The zero-order valence-electron chi connectivity index (χ0n) is 16.9. The fourth-order valence-electron chi connectivity index (χ4n) is 3.40. The molecule has 0 aromatic heterocycles. The molecule has 0 unspecified atom stereocenters. The predicted molar refractivity (Wildman–Crippen MR) is 124 cm³/mol. The molecular formula is C22H24Cl2N2O3S. The van der Waals surface area contributed by atoms with E-state index in [0.29, 0.717) is 28.6 Å². The van der Waals surface area contributed by atoms with E-state index in [1.807, 2.05) is 43.3 Å². The molecule has 1 aliphatic rings. The lowest BCUT2D eigenvalue weighted by Crippen LogP contribution is -2.39. The van der Waals surface area contributed by atoms with Crippen LogP contribution in [0.3, 0.4) is 0 Å². The Balaban J connectivity index is 1.83. The first kappa shape index (κ1) is 22.7. The second-order valence-corrected chi connectivity index (χ2v) is 10.7. The van der Waals surface area contributed by atoms with Gasteiger partial charge in [-0.2, -0.15) is 0 Å². The first-order valence-electron chi connectivity index (χ1n) is 9.55. The molecule has 2 aromatic carbocycles. The van der Waals surface area contributed by atoms with Crippen LogP contribution in [0.1, 0.15) is 17.5 Å². The molecule has 8 heteroatoms. The largest absolute Gasteiger partial charge is 0.378 e. The highest BCUT2D eigenvalue weighted by Gasteiger charge is 2.34. The van der Waals surface area contributed by atoms with Gasteiger partial charge in [0.25, 0.3) is 0 Å². The molecule has 160 valence electrons. The lowest BCUT2D eigenvalue weighted by molar-refractivity contribution is -0.128. The van der Waals surface area contributed by atoms with Crippen LogP contribution in [0.5, 0.6) is 0 Å². The number of anilines is 1. The summed E-state index contributed by atoms with van der Waals surface area (Å²) < 4.78 is 24.0. The Labute approximate surface area is 187 Å². The van der Waals surface area contributed by atoms with Crippen LogP contribution in [0.15, 0.2) is 48.5 Å². The zero-order chi connectivity index (χ0) is 21.9. The molecule has 3 rings (SSSR count). The van der Waals surface area contributed by atoms with Gasteiger partial charge >= 0.3 is 0 Å². The highest BCUT2D eigenvalue weighted by atomic mass is 35.5. The summed E-state index contributed by atoms with van der Waals surface area (Å²) in [5, 5.41) is 0.961. The van der Waals surface area contributed by atoms with Crippen molar-refractivity contribution in [2.24, 2.45) is 0 Å². The molecule has 1 saturated heterocycles. The van der Waals surface area contributed by atoms with Crippen molar-refractivity contribution in [3.05, 3.63) is 69.7 Å². The number of hydrogen-bond donors (Lipinski definition) is 0. The molecule has 0 aliphatic carbocycles. The molecule has 0 N–H and O–H groups in total. The zero-order valence-corrected chi connectivity index (χ0v) is 19.2. The van der Waals surface area contributed by atoms with Gasteiger partial charge < -0.3 is 9.80 Å². The SMILES string of the molecule is CN(C)c1ccc(CN(C(=O)/C=C/c2ccc(Cl)cc2Cl)[C@@H]2CCS(=O)(=O)C2)cc1. The summed E-state index contributed by atoms with van der Waals surface area (Å²) in [7, 11) is 0.795. The van der Waals surface area contributed by atoms with Crippen molar-refractivity contribution in [2.45, 2.75) is 19.0 Å². The molecule has 1 amide bonds. The molecule has 1 heterocycles. The molecule has 0 saturated carbocycles. The van der Waals surface area contributed by atoms with Crippen LogP contribution in [-0.2, 0) is 21.2 Å². The topological polar surface area (TPSA) is 57.7 Å². The molecule has 0 radical (unpaired) electrons. The van der Waals surface area contributed by atoms with Gasteiger partial charge in [-0.15, -0.1) is 0 Å². The van der Waals surface area contributed by atoms with Gasteiger partial charge in [0, 0.05) is 48.5 Å². The molecule has 1 fully saturated rings. The van der Waals surface area contributed by atoms with Gasteiger partial charge in [0.1, 0.15) is 0 Å². The number of carbonyl (C=O) groups excluding carboxylic acids is 1. The van der Waals surface area contributed by atoms with Gasteiger partial charge in [0.05, 0.1) is 11.5 Å². The summed E-state index contributed by atoms with van der Waals surface area (Å²) in [6, 6.07) is 12.6. The number of rotatable bonds is 6. The van der Waals surface area contributed by atoms with Gasteiger partial charge in [-0.05, 0) is 47.9 Å². The quantitative estimate of drug-likeness (QED) is 0.595. The van der Waals surface area contributed by atoms with Crippen molar-refractivity contribution in [2.75, 3.05) is 30.5 Å². The van der Waals surface area contributed by atoms with Gasteiger partial charge in [0.15, 0.2) is 9.84 Å². The van der Waals surface area contributed by atoms with Gasteiger partial charge in [-0.25, -0.2) is 8.42 Å². The number of amides is 1. The highest BCUT2D eigenvalue weighted by molar-refractivity contribution is 7.91. The first-order chi connectivity index (χ1) is 14.1. The molecule has 2 aromatic rings. The van der Waals surface area contributed by atoms with Crippen molar-refractivity contribution < 1.29 is 13.2 Å². The van der Waals surface area contributed by atoms with Gasteiger partial charge in [0.2, 0.25) is 5.91 Å². The maximum Gasteiger partial charge on any atom is 0.247 e. The van der Waals surface area contributed by atoms with Crippen molar-refractivity contribution >= 4 is 50.7 Å². The van der Waals surface area contributed by atoms with E-state index < -0.39 is 9.84 Å². The molecule has 0 spiro atoms. The smallest absolute Gasteiger partial charge is 0.247 e. The molecule has 0 bridgehead atoms. The maximum atomic E-state index is 13.0. The Morgan fingerprint density at radius 3 is 2.40 bits per heavy atom. The number of carbonyl (C=O) groups is 1. The number of halogens is 2. The van der Waals surface area contributed by atoms with Crippen molar-refractivity contribution in [3.8, 4) is 0 Å². The maximum absolute atomic E-state index is 13.0. The monoisotopic (exact) mass is 466 g/mol. The number of benzene rings is 2. The van der Waals surface area contributed by atoms with Crippen LogP contribution < -0.4 is 4.90 Å². The van der Waals surface area contributed by atoms with E-state index in [9.17, 15) is 13.2 Å². The minimum absolute atomic E-state index is 0.00986. The first-order valence-corrected chi connectivity index (χ1v) is 12.1. The molecule has 30 heavy (non-hydrogen) atoms. The minimum Gasteiger partial charge on any atom is -0.378 e. The summed E-state index contributed by atoms with van der Waals surface area (Å²) in [5.74, 6) is -0.155. The molecule has 1 aliphatic heterocycles. The Bertz CT molecular complexity index is 1050. The fourth-order valence-corrected chi connectivity index (χ4v) is 5.60. The van der Waals surface area contributed by atoms with Gasteiger partial charge in [-0.3, -0.25) is 4.79 Å². The Morgan fingerprint density at radius 2 is 1.83 bits per heavy atom. The molecule has 1 atom stereocenters. The Morgan fingerprint density at radius 1 is 1.13 bits per heavy atom. The predicted octanol–water partition coefficient (Wildman–Crippen LogP) is 4.29. The van der Waals surface area contributed by atoms with Crippen molar-refractivity contribution in [3.63, 3.8) is 0 Å². The molecular weight excluding hydrogens is 443 g/mol. The van der Waals surface area contributed by atoms with E-state index in [-0.39, 0.29) is 23.5 Å². The fraction of sp³-hybridized carbons (Fsp3) is 0.318. The second-order valence-electron chi connectivity index (χ2n) is 7.58. The summed E-state index contributed by atoms with van der Waals surface area (Å²) in [5.41, 5.74) is 2.66. The Kier molecular flexibility index (Phi) is 7.11. The highest BCUT2D eigenvalue weighted by Crippen LogP contribution is 2.24. The summed E-state index contributed by atoms with van der Waals surface area (Å²) in [6.45, 7) is 0.339. The summed E-state index contributed by atoms with van der Waals surface area (Å²) in [4.78, 5) is 16.7. The number of nitrogens with zero attached hydrogens (tertiary/aromatic N) is 2.